The van der Waals surface area contributed by atoms with Crippen LogP contribution >= 0.6 is 0 Å². The molecule has 0 saturated carbocycles. The maximum absolute atomic E-state index is 10.0. The Labute approximate surface area is 122 Å². The molecule has 0 aliphatic rings. The molecule has 0 aromatic heterocycles. The fourth-order valence-corrected chi connectivity index (χ4v) is 1.78. The van der Waals surface area contributed by atoms with Gasteiger partial charge >= 0.3 is 0 Å². The Morgan fingerprint density at radius 2 is 1.38 bits per heavy atom. The highest BCUT2D eigenvalue weighted by molar-refractivity contribution is 5.93. The Bertz CT molecular complexity index is 661. The molecule has 5 nitrogen and oxygen atoms in total. The minimum Gasteiger partial charge on any atom is -0.501 e. The molecule has 0 saturated heterocycles. The Morgan fingerprint density at radius 3 is 1.90 bits per heavy atom. The molecule has 0 spiro atoms. The average Bonchev–Trinajstić information content (AvgIpc) is 2.52. The molecule has 0 N–H and O–H groups in total. The van der Waals surface area contributed by atoms with E-state index >= 15 is 0 Å². The number of hydrogen-bond acceptors (Lipinski definition) is 5. The number of fused-ring (bicyclic) bond motifs is 1. The third-order valence-electron chi connectivity index (χ3n) is 2.61. The third kappa shape index (κ3) is 3.76. The second kappa shape index (κ2) is 7.59. The minimum atomic E-state index is 0.317. The van der Waals surface area contributed by atoms with Gasteiger partial charge in [-0.25, -0.2) is 0 Å². The smallest absolute Gasteiger partial charge is 0.298 e. The van der Waals surface area contributed by atoms with Crippen molar-refractivity contribution in [2.45, 2.75) is 0 Å². The molecule has 2 rings (SSSR count). The van der Waals surface area contributed by atoms with E-state index in [1.165, 1.54) is 18.8 Å². The first-order chi connectivity index (χ1) is 10.4. The van der Waals surface area contributed by atoms with Crippen LogP contribution in [0.5, 0.6) is 11.5 Å². The van der Waals surface area contributed by atoms with Crippen LogP contribution in [0.4, 0.5) is 0 Å². The molecule has 0 amide bonds. The lowest BCUT2D eigenvalue weighted by molar-refractivity contribution is -0.123. The summed E-state index contributed by atoms with van der Waals surface area (Å²) in [7, 11) is 1.54. The van der Waals surface area contributed by atoms with E-state index in [1.54, 1.807) is 7.11 Å². The predicted molar refractivity (Wildman–Crippen MR) is 77.6 cm³/mol. The first kappa shape index (κ1) is 14.5. The summed E-state index contributed by atoms with van der Waals surface area (Å²) in [5, 5.41) is 1.76. The second-order valence-electron chi connectivity index (χ2n) is 3.86. The minimum absolute atomic E-state index is 0.317. The van der Waals surface area contributed by atoms with Gasteiger partial charge in [0.1, 0.15) is 36.5 Å². The monoisotopic (exact) mass is 286 g/mol. The zero-order valence-electron chi connectivity index (χ0n) is 11.4. The van der Waals surface area contributed by atoms with Crippen LogP contribution in [0.3, 0.4) is 0 Å². The highest BCUT2D eigenvalue weighted by Gasteiger charge is 2.05. The molecule has 2 aromatic carbocycles. The molecule has 0 aliphatic carbocycles. The van der Waals surface area contributed by atoms with Crippen molar-refractivity contribution in [3.05, 3.63) is 61.4 Å². The number of ether oxygens (including phenoxy) is 4. The third-order valence-corrected chi connectivity index (χ3v) is 2.61. The van der Waals surface area contributed by atoms with Gasteiger partial charge in [0.2, 0.25) is 0 Å². The lowest BCUT2D eigenvalue weighted by Gasteiger charge is -2.08. The molecule has 0 fully saturated rings. The van der Waals surface area contributed by atoms with Crippen molar-refractivity contribution in [3.63, 3.8) is 0 Å². The van der Waals surface area contributed by atoms with E-state index in [9.17, 15) is 4.79 Å². The maximum atomic E-state index is 10.0. The molecular weight excluding hydrogens is 272 g/mol. The van der Waals surface area contributed by atoms with Gasteiger partial charge in [0.15, 0.2) is 0 Å². The molecule has 21 heavy (non-hydrogen) atoms. The largest absolute Gasteiger partial charge is 0.501 e. The van der Waals surface area contributed by atoms with Gasteiger partial charge in [-0.2, -0.15) is 0 Å². The molecule has 0 atom stereocenters. The van der Waals surface area contributed by atoms with E-state index in [2.05, 4.69) is 4.74 Å². The molecular formula is C16H14O5. The van der Waals surface area contributed by atoms with E-state index in [0.29, 0.717) is 18.0 Å². The number of methoxy groups -OCH3 is 1. The average molecular weight is 286 g/mol. The van der Waals surface area contributed by atoms with Gasteiger partial charge in [-0.15, -0.1) is 0 Å². The van der Waals surface area contributed by atoms with Crippen molar-refractivity contribution >= 4 is 17.2 Å². The van der Waals surface area contributed by atoms with Gasteiger partial charge in [0.05, 0.1) is 7.11 Å². The summed E-state index contributed by atoms with van der Waals surface area (Å²) in [4.78, 5) is 10.0. The molecule has 0 aliphatic heterocycles. The molecule has 2 aromatic rings. The van der Waals surface area contributed by atoms with Crippen molar-refractivity contribution in [3.8, 4) is 11.5 Å². The SMILES string of the molecule is CO/C=C\Oc1cccc2c(O/C=C\OC=O)cccc12. The predicted octanol–water partition coefficient (Wildman–Crippen LogP) is 3.36. The molecule has 108 valence electrons. The zero-order valence-corrected chi connectivity index (χ0v) is 11.4. The first-order valence-electron chi connectivity index (χ1n) is 6.14. The highest BCUT2D eigenvalue weighted by atomic mass is 16.5. The number of hydrogen-bond donors (Lipinski definition) is 0. The Kier molecular flexibility index (Phi) is 5.23. The van der Waals surface area contributed by atoms with Gasteiger partial charge < -0.3 is 18.9 Å². The van der Waals surface area contributed by atoms with Gasteiger partial charge in [-0.3, -0.25) is 4.79 Å². The normalized spacial score (nSPS) is 10.9. The first-order valence-corrected chi connectivity index (χ1v) is 6.14. The summed E-state index contributed by atoms with van der Waals surface area (Å²) in [5.41, 5.74) is 0. The molecule has 0 heterocycles. The summed E-state index contributed by atoms with van der Waals surface area (Å²) >= 11 is 0. The summed E-state index contributed by atoms with van der Waals surface area (Å²) in [6.45, 7) is 0.317. The van der Waals surface area contributed by atoms with Crippen LogP contribution in [0.1, 0.15) is 0 Å². The van der Waals surface area contributed by atoms with Crippen LogP contribution in [-0.4, -0.2) is 13.6 Å². The Hall–Kier alpha value is -2.95. The van der Waals surface area contributed by atoms with Crippen molar-refractivity contribution in [2.75, 3.05) is 7.11 Å². The van der Waals surface area contributed by atoms with Crippen LogP contribution in [0, 0.1) is 0 Å². The molecule has 0 radical (unpaired) electrons. The van der Waals surface area contributed by atoms with Crippen molar-refractivity contribution in [1.82, 2.24) is 0 Å². The van der Waals surface area contributed by atoms with Crippen molar-refractivity contribution in [2.24, 2.45) is 0 Å². The van der Waals surface area contributed by atoms with Crippen LogP contribution in [0.15, 0.2) is 61.4 Å². The molecule has 0 bridgehead atoms. The van der Waals surface area contributed by atoms with Crippen LogP contribution in [0.2, 0.25) is 0 Å². The van der Waals surface area contributed by atoms with E-state index in [1.807, 2.05) is 36.4 Å². The highest BCUT2D eigenvalue weighted by Crippen LogP contribution is 2.32. The van der Waals surface area contributed by atoms with E-state index in [0.717, 1.165) is 17.0 Å². The Balaban J connectivity index is 2.30. The summed E-state index contributed by atoms with van der Waals surface area (Å²) in [6, 6.07) is 11.2. The Morgan fingerprint density at radius 1 is 0.810 bits per heavy atom. The molecule has 5 heteroatoms. The number of rotatable bonds is 7. The van der Waals surface area contributed by atoms with Gasteiger partial charge in [-0.1, -0.05) is 24.3 Å². The van der Waals surface area contributed by atoms with Crippen molar-refractivity contribution < 1.29 is 23.7 Å². The maximum Gasteiger partial charge on any atom is 0.298 e. The van der Waals surface area contributed by atoms with Crippen molar-refractivity contribution in [1.29, 1.82) is 0 Å². The molecule has 0 unspecified atom stereocenters. The van der Waals surface area contributed by atoms with E-state index < -0.39 is 0 Å². The standard InChI is InChI=1S/C16H14O5/c1-18-8-10-20-15-6-2-5-14-13(15)4-3-7-16(14)21-11-9-19-12-17/h2-12H,1H3/b10-8-,11-9-. The van der Waals surface area contributed by atoms with Crippen LogP contribution < -0.4 is 9.47 Å². The van der Waals surface area contributed by atoms with Gasteiger partial charge in [0.25, 0.3) is 6.47 Å². The van der Waals surface area contributed by atoms with Crippen LogP contribution in [-0.2, 0) is 14.3 Å². The fourth-order valence-electron chi connectivity index (χ4n) is 1.78. The lowest BCUT2D eigenvalue weighted by atomic mass is 10.1. The van der Waals surface area contributed by atoms with Gasteiger partial charge in [-0.05, 0) is 12.1 Å². The fraction of sp³-hybridized carbons (Fsp3) is 0.0625. The van der Waals surface area contributed by atoms with Crippen LogP contribution in [0.25, 0.3) is 10.8 Å². The summed E-state index contributed by atoms with van der Waals surface area (Å²) < 4.78 is 20.2. The number of carbonyl (C=O) groups excluding carboxylic acids is 1. The number of benzene rings is 2. The van der Waals surface area contributed by atoms with Gasteiger partial charge in [0, 0.05) is 10.8 Å². The summed E-state index contributed by atoms with van der Waals surface area (Å²) in [6.07, 6.45) is 5.36. The second-order valence-corrected chi connectivity index (χ2v) is 3.86. The zero-order chi connectivity index (χ0) is 14.9. The number of carbonyl (C=O) groups is 1. The van der Waals surface area contributed by atoms with E-state index in [-0.39, 0.29) is 0 Å². The quantitative estimate of drug-likeness (QED) is 0.577. The van der Waals surface area contributed by atoms with E-state index in [4.69, 9.17) is 14.2 Å². The summed E-state index contributed by atoms with van der Waals surface area (Å²) in [5.74, 6) is 1.30. The topological polar surface area (TPSA) is 54.0 Å². The lowest BCUT2D eigenvalue weighted by Crippen LogP contribution is -1.88.